The largest absolute Gasteiger partial charge is 0.456 e. The number of nitrogens with zero attached hydrogens (tertiary/aromatic N) is 2. The van der Waals surface area contributed by atoms with Crippen molar-refractivity contribution >= 4 is 104 Å². The highest BCUT2D eigenvalue weighted by molar-refractivity contribution is 7.27. The number of furan rings is 1. The van der Waals surface area contributed by atoms with Gasteiger partial charge in [0.05, 0.1) is 11.0 Å². The maximum absolute atomic E-state index is 6.84. The van der Waals surface area contributed by atoms with E-state index in [2.05, 4.69) is 205 Å². The van der Waals surface area contributed by atoms with E-state index in [0.29, 0.717) is 0 Å². The minimum Gasteiger partial charge on any atom is -0.456 e. The summed E-state index contributed by atoms with van der Waals surface area (Å²) in [5.74, 6) is 0. The third kappa shape index (κ3) is 4.81. The lowest BCUT2D eigenvalue weighted by Crippen LogP contribution is -2.60. The normalized spacial score (nSPS) is 17.1. The van der Waals surface area contributed by atoms with Gasteiger partial charge < -0.3 is 13.8 Å². The fraction of sp³-hybridized carbons (Fsp3) is 0.238. The lowest BCUT2D eigenvalue weighted by Gasteiger charge is -2.43. The van der Waals surface area contributed by atoms with Crippen LogP contribution in [0.15, 0.2) is 138 Å². The average molecular weight is 897 g/mol. The quantitative estimate of drug-likeness (QED) is 0.153. The lowest BCUT2D eigenvalue weighted by molar-refractivity contribution is 0.332. The van der Waals surface area contributed by atoms with Crippen molar-refractivity contribution in [3.8, 4) is 27.9 Å². The molecule has 2 aliphatic carbocycles. The maximum atomic E-state index is 6.84. The Hall–Kier alpha value is -6.56. The lowest BCUT2D eigenvalue weighted by atomic mass is 9.43. The first-order valence-corrected chi connectivity index (χ1v) is 25.6. The molecule has 5 heteroatoms. The van der Waals surface area contributed by atoms with E-state index in [0.717, 1.165) is 21.9 Å². The molecule has 3 aromatic heterocycles. The first kappa shape index (κ1) is 39.4. The molecular formula is C63H53BN2OS. The Kier molecular flexibility index (Phi) is 7.28. The molecule has 0 unspecified atom stereocenters. The van der Waals surface area contributed by atoms with Crippen molar-refractivity contribution in [1.82, 2.24) is 4.57 Å². The summed E-state index contributed by atoms with van der Waals surface area (Å²) in [6, 6.07) is 51.9. The highest BCUT2D eigenvalue weighted by Crippen LogP contribution is 2.57. The SMILES string of the molecule is CC(C)(C)c1ccc(N2B3c4cc5c(cc4-n4c6cc7c(cc6c6c8sc9ccccc9c8c(c3c64)-c3cc4oc6ccccc6c4cc32)C(C)(C)CCC7(C)C)C(C)(C)c2ccccc2-5)cc1. The summed E-state index contributed by atoms with van der Waals surface area (Å²) in [6.45, 7) is 21.6. The topological polar surface area (TPSA) is 21.3 Å². The maximum Gasteiger partial charge on any atom is 0.333 e. The Morgan fingerprint density at radius 1 is 0.574 bits per heavy atom. The van der Waals surface area contributed by atoms with Crippen molar-refractivity contribution in [1.29, 1.82) is 0 Å². The first-order valence-electron chi connectivity index (χ1n) is 24.7. The molecule has 5 heterocycles. The second kappa shape index (κ2) is 12.6. The van der Waals surface area contributed by atoms with Crippen LogP contribution in [0.1, 0.15) is 103 Å². The first-order chi connectivity index (χ1) is 32.6. The van der Waals surface area contributed by atoms with Crippen molar-refractivity contribution in [2.75, 3.05) is 4.81 Å². The summed E-state index contributed by atoms with van der Waals surface area (Å²) < 4.78 is 12.3. The van der Waals surface area contributed by atoms with Gasteiger partial charge in [-0.05, 0) is 139 Å². The zero-order valence-corrected chi connectivity index (χ0v) is 41.2. The highest BCUT2D eigenvalue weighted by atomic mass is 32.1. The van der Waals surface area contributed by atoms with Crippen LogP contribution in [0.25, 0.3) is 91.9 Å². The fourth-order valence-corrected chi connectivity index (χ4v) is 14.9. The number of hydrogen-bond donors (Lipinski definition) is 0. The molecule has 2 aliphatic heterocycles. The van der Waals surface area contributed by atoms with Crippen molar-refractivity contribution < 1.29 is 4.42 Å². The molecule has 11 aromatic rings. The van der Waals surface area contributed by atoms with Crippen LogP contribution in [-0.2, 0) is 21.7 Å². The van der Waals surface area contributed by atoms with Crippen LogP contribution in [-0.4, -0.2) is 11.4 Å². The van der Waals surface area contributed by atoms with E-state index in [1.54, 1.807) is 0 Å². The predicted octanol–water partition coefficient (Wildman–Crippen LogP) is 16.2. The van der Waals surface area contributed by atoms with Crippen LogP contribution in [0.3, 0.4) is 0 Å². The standard InChI is InChI=1S/C63H53BN2OS/c1-60(2,3)34-22-24-35(25-23-34)66-49-30-40-37-17-11-14-20-51(37)67-52(40)31-42(49)54-55-38-18-12-15-21-53(38)68-59(55)56-41-28-45-46(62(6,7)27-26-61(45,4)5)33-48(41)65-50-32-44-39(29-47(50)64(66)57(54)58(56)65)36-16-10-13-19-43(36)63(44,8)9/h10-25,28-33H,26-27H2,1-9H3. The van der Waals surface area contributed by atoms with Crippen molar-refractivity contribution in [3.63, 3.8) is 0 Å². The summed E-state index contributed by atoms with van der Waals surface area (Å²) in [5, 5.41) is 7.76. The monoisotopic (exact) mass is 896 g/mol. The van der Waals surface area contributed by atoms with E-state index in [1.807, 2.05) is 11.3 Å². The fourth-order valence-electron chi connectivity index (χ4n) is 13.6. The Morgan fingerprint density at radius 3 is 2.06 bits per heavy atom. The molecular weight excluding hydrogens is 844 g/mol. The Bertz CT molecular complexity index is 4110. The molecule has 4 aliphatic rings. The summed E-state index contributed by atoms with van der Waals surface area (Å²) >= 11 is 1.98. The molecule has 0 fully saturated rings. The van der Waals surface area contributed by atoms with Crippen LogP contribution >= 0.6 is 11.3 Å². The number of anilines is 2. The molecule has 3 nitrogen and oxygen atoms in total. The van der Waals surface area contributed by atoms with Gasteiger partial charge in [-0.3, -0.25) is 0 Å². The average Bonchev–Trinajstić information content (AvgIpc) is 4.05. The molecule has 0 atom stereocenters. The second-order valence-electron chi connectivity index (χ2n) is 23.5. The van der Waals surface area contributed by atoms with Gasteiger partial charge in [0, 0.05) is 69.8 Å². The van der Waals surface area contributed by atoms with Gasteiger partial charge in [-0.25, -0.2) is 0 Å². The van der Waals surface area contributed by atoms with E-state index < -0.39 is 0 Å². The number of para-hydroxylation sites is 1. The van der Waals surface area contributed by atoms with Crippen molar-refractivity contribution in [3.05, 3.63) is 161 Å². The van der Waals surface area contributed by atoms with Crippen molar-refractivity contribution in [2.45, 2.75) is 96.8 Å². The van der Waals surface area contributed by atoms with Crippen LogP contribution < -0.4 is 15.7 Å². The molecule has 0 spiro atoms. The molecule has 15 rings (SSSR count). The predicted molar refractivity (Wildman–Crippen MR) is 292 cm³/mol. The third-order valence-electron chi connectivity index (χ3n) is 17.4. The number of aromatic nitrogens is 1. The van der Waals surface area contributed by atoms with Gasteiger partial charge in [0.15, 0.2) is 0 Å². The van der Waals surface area contributed by atoms with Gasteiger partial charge in [-0.1, -0.05) is 141 Å². The summed E-state index contributed by atoms with van der Waals surface area (Å²) in [4.78, 5) is 2.72. The zero-order valence-electron chi connectivity index (χ0n) is 40.4. The van der Waals surface area contributed by atoms with E-state index in [4.69, 9.17) is 4.42 Å². The Balaban J connectivity index is 1.20. The molecule has 0 saturated heterocycles. The second-order valence-corrected chi connectivity index (χ2v) is 24.5. The van der Waals surface area contributed by atoms with E-state index in [9.17, 15) is 0 Å². The van der Waals surface area contributed by atoms with Crippen LogP contribution in [0.2, 0.25) is 0 Å². The summed E-state index contributed by atoms with van der Waals surface area (Å²) in [7, 11) is 0. The number of benzene rings is 8. The minimum absolute atomic E-state index is 0.0198. The summed E-state index contributed by atoms with van der Waals surface area (Å²) in [5.41, 5.74) is 23.4. The molecule has 68 heavy (non-hydrogen) atoms. The van der Waals surface area contributed by atoms with Gasteiger partial charge >= 0.3 is 6.85 Å². The van der Waals surface area contributed by atoms with Crippen LogP contribution in [0, 0.1) is 0 Å². The molecule has 0 amide bonds. The molecule has 0 bridgehead atoms. The number of rotatable bonds is 1. The Labute approximate surface area is 402 Å². The number of thiophene rings is 1. The molecule has 8 aromatic carbocycles. The van der Waals surface area contributed by atoms with Crippen LogP contribution in [0.5, 0.6) is 0 Å². The number of fused-ring (bicyclic) bond motifs is 20. The minimum atomic E-state index is -0.162. The van der Waals surface area contributed by atoms with E-state index in [-0.39, 0.29) is 28.5 Å². The smallest absolute Gasteiger partial charge is 0.333 e. The molecule has 0 N–H and O–H groups in total. The van der Waals surface area contributed by atoms with Crippen molar-refractivity contribution in [2.24, 2.45) is 0 Å². The van der Waals surface area contributed by atoms with Gasteiger partial charge in [0.25, 0.3) is 0 Å². The van der Waals surface area contributed by atoms with Gasteiger partial charge in [-0.2, -0.15) is 0 Å². The van der Waals surface area contributed by atoms with Gasteiger partial charge in [0.2, 0.25) is 0 Å². The van der Waals surface area contributed by atoms with E-state index >= 15 is 0 Å². The summed E-state index contributed by atoms with van der Waals surface area (Å²) in [6.07, 6.45) is 2.34. The third-order valence-corrected chi connectivity index (χ3v) is 18.6. The van der Waals surface area contributed by atoms with Crippen LogP contribution in [0.4, 0.5) is 11.4 Å². The van der Waals surface area contributed by atoms with Gasteiger partial charge in [-0.15, -0.1) is 11.3 Å². The van der Waals surface area contributed by atoms with E-state index in [1.165, 1.54) is 133 Å². The number of hydrogen-bond acceptors (Lipinski definition) is 3. The molecule has 0 radical (unpaired) electrons. The molecule has 0 saturated carbocycles. The highest BCUT2D eigenvalue weighted by Gasteiger charge is 2.48. The molecule has 330 valence electrons. The van der Waals surface area contributed by atoms with Gasteiger partial charge in [0.1, 0.15) is 11.2 Å². The zero-order chi connectivity index (χ0) is 46.1. The Morgan fingerprint density at radius 2 is 1.28 bits per heavy atom.